The van der Waals surface area contributed by atoms with Crippen LogP contribution in [0.4, 0.5) is 36.0 Å². The van der Waals surface area contributed by atoms with Gasteiger partial charge in [-0.2, -0.15) is 0 Å². The Morgan fingerprint density at radius 1 is 0.960 bits per heavy atom. The molecule has 2 atom stereocenters. The molecule has 2 aromatic heterocycles. The second-order valence-electron chi connectivity index (χ2n) is 16.2. The van der Waals surface area contributed by atoms with Gasteiger partial charge in [-0.15, -0.1) is 0 Å². The Balaban J connectivity index is 1.30. The number of ether oxygens (including phenoxy) is 2. The summed E-state index contributed by atoms with van der Waals surface area (Å²) in [6.07, 6.45) is 2.11. The van der Waals surface area contributed by atoms with Crippen molar-refractivity contribution in [3.05, 3.63) is 41.6 Å². The van der Waals surface area contributed by atoms with E-state index in [0.717, 1.165) is 6.42 Å². The van der Waals surface area contributed by atoms with Gasteiger partial charge in [0, 0.05) is 54.2 Å². The lowest BCUT2D eigenvalue weighted by atomic mass is 9.92. The van der Waals surface area contributed by atoms with Crippen molar-refractivity contribution >= 4 is 54.6 Å². The van der Waals surface area contributed by atoms with Crippen molar-refractivity contribution < 1.29 is 37.8 Å². The Morgan fingerprint density at radius 3 is 2.30 bits per heavy atom. The number of hydrogen-bond donors (Lipinski definition) is 3. The highest BCUT2D eigenvalue weighted by Crippen LogP contribution is 2.55. The van der Waals surface area contributed by atoms with Crippen molar-refractivity contribution in [1.82, 2.24) is 9.97 Å². The van der Waals surface area contributed by atoms with Crippen LogP contribution in [0, 0.1) is 18.7 Å². The predicted octanol–water partition coefficient (Wildman–Crippen LogP) is 8.79. The number of rotatable bonds is 6. The number of aromatic nitrogens is 2. The Labute approximate surface area is 292 Å². The minimum absolute atomic E-state index is 0.0477. The number of nitrogens with one attached hydrogen (secondary N) is 2. The molecule has 50 heavy (non-hydrogen) atoms. The van der Waals surface area contributed by atoms with Crippen LogP contribution < -0.4 is 15.5 Å². The van der Waals surface area contributed by atoms with E-state index in [1.54, 1.807) is 46.0 Å². The number of carbonyl (C=O) groups is 3. The first-order valence-electron chi connectivity index (χ1n) is 17.0. The molecule has 268 valence electrons. The SMILES string of the molecule is Cc1c(-c2cc3cc(NC(=O)OC4CC(O[Si](C)(C)C(C)(C)C)C4)ncc3c(NC(=O)OC(C)(C)C)c2F)cnc2c1N(C(=O)O)CC1CC21. The number of carboxylic acid groups (broad SMARTS) is 1. The van der Waals surface area contributed by atoms with E-state index >= 15 is 4.39 Å². The number of benzene rings is 1. The van der Waals surface area contributed by atoms with E-state index in [0.29, 0.717) is 47.3 Å². The molecule has 0 bridgehead atoms. The zero-order chi connectivity index (χ0) is 36.5. The van der Waals surface area contributed by atoms with E-state index in [1.165, 1.54) is 11.1 Å². The van der Waals surface area contributed by atoms with Crippen LogP contribution in [0.3, 0.4) is 0 Å². The molecule has 2 unspecified atom stereocenters. The molecule has 14 heteroatoms. The first-order valence-corrected chi connectivity index (χ1v) is 19.9. The molecule has 12 nitrogen and oxygen atoms in total. The number of amides is 3. The van der Waals surface area contributed by atoms with Crippen molar-refractivity contribution in [3.63, 3.8) is 0 Å². The number of anilines is 3. The van der Waals surface area contributed by atoms with E-state index in [1.807, 2.05) is 0 Å². The average Bonchev–Trinajstić information content (AvgIpc) is 3.76. The highest BCUT2D eigenvalue weighted by Gasteiger charge is 2.49. The van der Waals surface area contributed by atoms with Gasteiger partial charge in [0.1, 0.15) is 17.5 Å². The Morgan fingerprint density at radius 2 is 1.66 bits per heavy atom. The molecule has 2 aliphatic carbocycles. The van der Waals surface area contributed by atoms with Gasteiger partial charge in [-0.3, -0.25) is 20.5 Å². The summed E-state index contributed by atoms with van der Waals surface area (Å²) in [4.78, 5) is 48.3. The number of nitrogens with zero attached hydrogens (tertiary/aromatic N) is 3. The van der Waals surface area contributed by atoms with Crippen LogP contribution in [0.25, 0.3) is 21.9 Å². The van der Waals surface area contributed by atoms with E-state index in [9.17, 15) is 19.5 Å². The molecular formula is C36H46FN5O7Si. The van der Waals surface area contributed by atoms with E-state index in [4.69, 9.17) is 13.9 Å². The summed E-state index contributed by atoms with van der Waals surface area (Å²) in [5.41, 5.74) is 1.13. The molecule has 3 N–H and O–H groups in total. The molecule has 3 aromatic rings. The molecule has 0 radical (unpaired) electrons. The largest absolute Gasteiger partial charge is 0.465 e. The molecule has 2 fully saturated rings. The third kappa shape index (κ3) is 7.00. The van der Waals surface area contributed by atoms with Gasteiger partial charge in [-0.25, -0.2) is 23.8 Å². The van der Waals surface area contributed by atoms with Gasteiger partial charge in [0.25, 0.3) is 0 Å². The summed E-state index contributed by atoms with van der Waals surface area (Å²) < 4.78 is 34.0. The molecule has 3 amide bonds. The van der Waals surface area contributed by atoms with E-state index in [-0.39, 0.29) is 51.5 Å². The number of carbonyl (C=O) groups excluding carboxylic acids is 2. The second kappa shape index (κ2) is 12.5. The Kier molecular flexibility index (Phi) is 8.87. The van der Waals surface area contributed by atoms with Crippen LogP contribution >= 0.6 is 0 Å². The lowest BCUT2D eigenvalue weighted by Crippen LogP contribution is -2.49. The van der Waals surface area contributed by atoms with Crippen molar-refractivity contribution in [1.29, 1.82) is 0 Å². The fourth-order valence-corrected chi connectivity index (χ4v) is 7.81. The van der Waals surface area contributed by atoms with Crippen molar-refractivity contribution in [2.45, 2.75) is 110 Å². The normalized spacial score (nSPS) is 21.4. The number of fused-ring (bicyclic) bond motifs is 4. The first-order chi connectivity index (χ1) is 23.2. The quantitative estimate of drug-likeness (QED) is 0.213. The van der Waals surface area contributed by atoms with Gasteiger partial charge in [-0.05, 0) is 81.2 Å². The van der Waals surface area contributed by atoms with Gasteiger partial charge >= 0.3 is 18.3 Å². The Hall–Kier alpha value is -4.30. The molecule has 2 saturated carbocycles. The summed E-state index contributed by atoms with van der Waals surface area (Å²) in [5.74, 6) is -0.204. The second-order valence-corrected chi connectivity index (χ2v) is 20.9. The minimum Gasteiger partial charge on any atom is -0.465 e. The van der Waals surface area contributed by atoms with Gasteiger partial charge in [-0.1, -0.05) is 20.8 Å². The lowest BCUT2D eigenvalue weighted by molar-refractivity contribution is -0.0243. The smallest absolute Gasteiger partial charge is 0.413 e. The predicted molar refractivity (Wildman–Crippen MR) is 191 cm³/mol. The molecule has 3 heterocycles. The van der Waals surface area contributed by atoms with Gasteiger partial charge in [0.15, 0.2) is 14.1 Å². The van der Waals surface area contributed by atoms with Crippen molar-refractivity contribution in [2.75, 3.05) is 22.1 Å². The van der Waals surface area contributed by atoms with Crippen LogP contribution in [0.2, 0.25) is 18.1 Å². The summed E-state index contributed by atoms with van der Waals surface area (Å²) >= 11 is 0. The maximum atomic E-state index is 16.6. The number of hydrogen-bond acceptors (Lipinski definition) is 8. The fourth-order valence-electron chi connectivity index (χ4n) is 6.43. The standard InChI is InChI=1S/C36H46FN5O7Si/c1-18-25(15-39-30-23-11-20(23)17-42(31(18)30)34(45)46)24-10-19-12-27(38-16-26(19)29(28(24)37)41-33(44)48-35(2,3)4)40-32(43)47-21-13-22(14-21)49-50(8,9)36(5,6)7/h10,12,15-16,20-23H,11,13-14,17H2,1-9H3,(H,41,44)(H,45,46)(H,38,40,43). The van der Waals surface area contributed by atoms with Crippen molar-refractivity contribution in [3.8, 4) is 11.1 Å². The van der Waals surface area contributed by atoms with Gasteiger partial charge in [0.2, 0.25) is 0 Å². The zero-order valence-corrected chi connectivity index (χ0v) is 31.1. The van der Waals surface area contributed by atoms with Crippen LogP contribution in [-0.4, -0.2) is 66.0 Å². The van der Waals surface area contributed by atoms with Crippen molar-refractivity contribution in [2.24, 2.45) is 5.92 Å². The zero-order valence-electron chi connectivity index (χ0n) is 30.1. The molecule has 0 spiro atoms. The number of pyridine rings is 2. The summed E-state index contributed by atoms with van der Waals surface area (Å²) in [6.45, 7) is 18.1. The molecule has 3 aliphatic rings. The minimum atomic E-state index is -1.93. The highest BCUT2D eigenvalue weighted by molar-refractivity contribution is 6.74. The lowest BCUT2D eigenvalue weighted by Gasteiger charge is -2.44. The van der Waals surface area contributed by atoms with Gasteiger partial charge in [0.05, 0.1) is 23.2 Å². The molecule has 0 saturated heterocycles. The third-order valence-corrected chi connectivity index (χ3v) is 14.8. The molecular weight excluding hydrogens is 662 g/mol. The summed E-state index contributed by atoms with van der Waals surface area (Å²) in [6, 6.07) is 3.13. The van der Waals surface area contributed by atoms with E-state index < -0.39 is 38.0 Å². The first kappa shape index (κ1) is 35.5. The maximum Gasteiger partial charge on any atom is 0.413 e. The fraction of sp³-hybridized carbons (Fsp3) is 0.528. The van der Waals surface area contributed by atoms with Crippen LogP contribution in [0.5, 0.6) is 0 Å². The monoisotopic (exact) mass is 707 g/mol. The van der Waals surface area contributed by atoms with Crippen LogP contribution in [-0.2, 0) is 13.9 Å². The van der Waals surface area contributed by atoms with E-state index in [2.05, 4.69) is 54.5 Å². The average molecular weight is 708 g/mol. The molecule has 6 rings (SSSR count). The highest BCUT2D eigenvalue weighted by atomic mass is 28.4. The van der Waals surface area contributed by atoms with Crippen LogP contribution in [0.1, 0.15) is 78.0 Å². The summed E-state index contributed by atoms with van der Waals surface area (Å²) in [7, 11) is -1.93. The third-order valence-electron chi connectivity index (χ3n) is 10.2. The number of halogens is 1. The maximum absolute atomic E-state index is 16.6. The molecule has 1 aliphatic heterocycles. The molecule has 1 aromatic carbocycles. The summed E-state index contributed by atoms with van der Waals surface area (Å²) in [5, 5.41) is 16.0. The topological polar surface area (TPSA) is 152 Å². The van der Waals surface area contributed by atoms with Crippen LogP contribution in [0.15, 0.2) is 24.5 Å². The van der Waals surface area contributed by atoms with Gasteiger partial charge < -0.3 is 19.0 Å². The Bertz CT molecular complexity index is 1880.